The maximum absolute atomic E-state index is 12.9. The van der Waals surface area contributed by atoms with Gasteiger partial charge in [0.05, 0.1) is 0 Å². The molecule has 0 spiro atoms. The fourth-order valence-electron chi connectivity index (χ4n) is 3.98. The van der Waals surface area contributed by atoms with Crippen LogP contribution in [0.5, 0.6) is 0 Å². The van der Waals surface area contributed by atoms with E-state index >= 15 is 0 Å². The molecular formula is C23H27N5O2. The molecular weight excluding hydrogens is 378 g/mol. The maximum atomic E-state index is 12.9. The topological polar surface area (TPSA) is 90.1 Å². The number of amides is 2. The molecule has 1 atom stereocenters. The number of nitrogens with one attached hydrogen (secondary N) is 3. The Kier molecular flexibility index (Phi) is 5.97. The Labute approximate surface area is 175 Å². The van der Waals surface area contributed by atoms with Crippen molar-refractivity contribution in [1.29, 1.82) is 0 Å². The highest BCUT2D eigenvalue weighted by atomic mass is 16.2. The van der Waals surface area contributed by atoms with Crippen molar-refractivity contribution in [1.82, 2.24) is 20.6 Å². The van der Waals surface area contributed by atoms with E-state index in [1.165, 1.54) is 19.8 Å². The zero-order valence-electron chi connectivity index (χ0n) is 17.1. The monoisotopic (exact) mass is 405 g/mol. The van der Waals surface area contributed by atoms with Gasteiger partial charge in [-0.3, -0.25) is 9.59 Å². The average molecular weight is 406 g/mol. The maximum Gasteiger partial charge on any atom is 0.243 e. The summed E-state index contributed by atoms with van der Waals surface area (Å²) in [6, 6.07) is 11.2. The predicted molar refractivity (Wildman–Crippen MR) is 117 cm³/mol. The SMILES string of the molecule is CC(=O)NC(Cc1c[nH]c2ccccc12)C(=O)NCc1ccnc(N2CCCC2)c1. The van der Waals surface area contributed by atoms with Gasteiger partial charge in [0.1, 0.15) is 11.9 Å². The highest BCUT2D eigenvalue weighted by molar-refractivity contribution is 5.89. The molecule has 0 radical (unpaired) electrons. The summed E-state index contributed by atoms with van der Waals surface area (Å²) < 4.78 is 0. The smallest absolute Gasteiger partial charge is 0.243 e. The van der Waals surface area contributed by atoms with E-state index in [0.29, 0.717) is 13.0 Å². The number of carbonyl (C=O) groups is 2. The number of rotatable bonds is 7. The van der Waals surface area contributed by atoms with Gasteiger partial charge in [-0.2, -0.15) is 0 Å². The summed E-state index contributed by atoms with van der Waals surface area (Å²) in [4.78, 5) is 34.5. The summed E-state index contributed by atoms with van der Waals surface area (Å²) in [5.41, 5.74) is 3.01. The minimum atomic E-state index is -0.637. The lowest BCUT2D eigenvalue weighted by Crippen LogP contribution is -2.47. The number of nitrogens with zero attached hydrogens (tertiary/aromatic N) is 2. The molecule has 3 aromatic rings. The molecule has 7 nitrogen and oxygen atoms in total. The van der Waals surface area contributed by atoms with Crippen LogP contribution in [0.1, 0.15) is 30.9 Å². The van der Waals surface area contributed by atoms with Gasteiger partial charge in [0, 0.05) is 56.3 Å². The van der Waals surface area contributed by atoms with Crippen molar-refractivity contribution in [3.8, 4) is 0 Å². The molecule has 1 aliphatic rings. The molecule has 1 aliphatic heterocycles. The number of aromatic amines is 1. The van der Waals surface area contributed by atoms with Crippen LogP contribution in [0.2, 0.25) is 0 Å². The zero-order valence-corrected chi connectivity index (χ0v) is 17.1. The molecule has 1 fully saturated rings. The molecule has 156 valence electrons. The van der Waals surface area contributed by atoms with E-state index in [2.05, 4.69) is 25.5 Å². The van der Waals surface area contributed by atoms with E-state index in [-0.39, 0.29) is 11.8 Å². The molecule has 1 saturated heterocycles. The third kappa shape index (κ3) is 4.62. The average Bonchev–Trinajstić information content (AvgIpc) is 3.42. The molecule has 7 heteroatoms. The van der Waals surface area contributed by atoms with Crippen molar-refractivity contribution in [2.45, 2.75) is 38.8 Å². The van der Waals surface area contributed by atoms with Gasteiger partial charge in [0.25, 0.3) is 0 Å². The fraction of sp³-hybridized carbons (Fsp3) is 0.348. The van der Waals surface area contributed by atoms with Crippen LogP contribution in [0, 0.1) is 0 Å². The highest BCUT2D eigenvalue weighted by Gasteiger charge is 2.21. The minimum absolute atomic E-state index is 0.199. The van der Waals surface area contributed by atoms with Crippen LogP contribution in [-0.2, 0) is 22.6 Å². The van der Waals surface area contributed by atoms with E-state index in [9.17, 15) is 9.59 Å². The second-order valence-electron chi connectivity index (χ2n) is 7.75. The van der Waals surface area contributed by atoms with E-state index in [0.717, 1.165) is 40.9 Å². The molecule has 1 unspecified atom stereocenters. The third-order valence-corrected chi connectivity index (χ3v) is 5.50. The molecule has 1 aromatic carbocycles. The van der Waals surface area contributed by atoms with Crippen molar-refractivity contribution in [2.24, 2.45) is 0 Å². The van der Waals surface area contributed by atoms with Gasteiger partial charge in [-0.05, 0) is 42.2 Å². The van der Waals surface area contributed by atoms with Crippen molar-refractivity contribution in [2.75, 3.05) is 18.0 Å². The Morgan fingerprint density at radius 1 is 1.20 bits per heavy atom. The van der Waals surface area contributed by atoms with E-state index < -0.39 is 6.04 Å². The van der Waals surface area contributed by atoms with Crippen molar-refractivity contribution >= 4 is 28.5 Å². The molecule has 2 amide bonds. The van der Waals surface area contributed by atoms with Crippen molar-refractivity contribution in [3.63, 3.8) is 0 Å². The van der Waals surface area contributed by atoms with Gasteiger partial charge in [0.2, 0.25) is 11.8 Å². The van der Waals surface area contributed by atoms with Gasteiger partial charge in [-0.25, -0.2) is 4.98 Å². The Hall–Kier alpha value is -3.35. The summed E-state index contributed by atoms with van der Waals surface area (Å²) in [6.45, 7) is 3.88. The summed E-state index contributed by atoms with van der Waals surface area (Å²) in [6.07, 6.45) is 6.49. The van der Waals surface area contributed by atoms with Gasteiger partial charge in [-0.15, -0.1) is 0 Å². The molecule has 3 N–H and O–H groups in total. The van der Waals surface area contributed by atoms with Crippen molar-refractivity contribution < 1.29 is 9.59 Å². The normalized spacial score (nSPS) is 14.6. The van der Waals surface area contributed by atoms with Gasteiger partial charge < -0.3 is 20.5 Å². The molecule has 3 heterocycles. The lowest BCUT2D eigenvalue weighted by atomic mass is 10.0. The summed E-state index contributed by atoms with van der Waals surface area (Å²) >= 11 is 0. The summed E-state index contributed by atoms with van der Waals surface area (Å²) in [5.74, 6) is 0.529. The van der Waals surface area contributed by atoms with E-state index in [1.807, 2.05) is 42.6 Å². The second-order valence-corrected chi connectivity index (χ2v) is 7.75. The Bertz CT molecular complexity index is 1040. The predicted octanol–water partition coefficient (Wildman–Crippen LogP) is 2.53. The zero-order chi connectivity index (χ0) is 20.9. The quantitative estimate of drug-likeness (QED) is 0.563. The van der Waals surface area contributed by atoms with Crippen LogP contribution in [0.15, 0.2) is 48.8 Å². The molecule has 0 saturated carbocycles. The molecule has 0 bridgehead atoms. The number of para-hydroxylation sites is 1. The number of hydrogen-bond acceptors (Lipinski definition) is 4. The number of pyridine rings is 1. The third-order valence-electron chi connectivity index (χ3n) is 5.50. The van der Waals surface area contributed by atoms with Crippen LogP contribution in [0.4, 0.5) is 5.82 Å². The Balaban J connectivity index is 1.43. The molecule has 4 rings (SSSR count). The Morgan fingerprint density at radius 2 is 2.00 bits per heavy atom. The lowest BCUT2D eigenvalue weighted by Gasteiger charge is -2.19. The number of hydrogen-bond donors (Lipinski definition) is 3. The summed E-state index contributed by atoms with van der Waals surface area (Å²) in [7, 11) is 0. The van der Waals surface area contributed by atoms with E-state index in [1.54, 1.807) is 6.20 Å². The van der Waals surface area contributed by atoms with Crippen LogP contribution in [0.25, 0.3) is 10.9 Å². The molecule has 0 aliphatic carbocycles. The Morgan fingerprint density at radius 3 is 2.80 bits per heavy atom. The first-order valence-corrected chi connectivity index (χ1v) is 10.4. The number of fused-ring (bicyclic) bond motifs is 1. The van der Waals surface area contributed by atoms with E-state index in [4.69, 9.17) is 0 Å². The standard InChI is InChI=1S/C23H27N5O2/c1-16(29)27-21(13-18-15-25-20-7-3-2-6-19(18)20)23(30)26-14-17-8-9-24-22(12-17)28-10-4-5-11-28/h2-3,6-9,12,15,21,25H,4-5,10-11,13-14H2,1H3,(H,26,30)(H,27,29). The van der Waals surface area contributed by atoms with Gasteiger partial charge in [-0.1, -0.05) is 18.2 Å². The number of H-pyrrole nitrogens is 1. The number of aromatic nitrogens is 2. The van der Waals surface area contributed by atoms with Gasteiger partial charge in [0.15, 0.2) is 0 Å². The first-order chi connectivity index (χ1) is 14.6. The number of benzene rings is 1. The largest absolute Gasteiger partial charge is 0.361 e. The first-order valence-electron chi connectivity index (χ1n) is 10.4. The van der Waals surface area contributed by atoms with Crippen molar-refractivity contribution in [3.05, 3.63) is 59.9 Å². The molecule has 30 heavy (non-hydrogen) atoms. The lowest BCUT2D eigenvalue weighted by molar-refractivity contribution is -0.128. The summed E-state index contributed by atoms with van der Waals surface area (Å²) in [5, 5.41) is 6.82. The van der Waals surface area contributed by atoms with Crippen LogP contribution < -0.4 is 15.5 Å². The number of carbonyl (C=O) groups excluding carboxylic acids is 2. The second kappa shape index (κ2) is 8.98. The van der Waals surface area contributed by atoms with Crippen LogP contribution in [0.3, 0.4) is 0 Å². The van der Waals surface area contributed by atoms with Gasteiger partial charge >= 0.3 is 0 Å². The number of anilines is 1. The highest BCUT2D eigenvalue weighted by Crippen LogP contribution is 2.20. The van der Waals surface area contributed by atoms with Crippen LogP contribution >= 0.6 is 0 Å². The van der Waals surface area contributed by atoms with Crippen LogP contribution in [-0.4, -0.2) is 40.9 Å². The fourth-order valence-corrected chi connectivity index (χ4v) is 3.98. The molecule has 2 aromatic heterocycles. The minimum Gasteiger partial charge on any atom is -0.361 e. The first kappa shape index (κ1) is 19.9.